The highest BCUT2D eigenvalue weighted by molar-refractivity contribution is 6.30. The maximum atomic E-state index is 5.98. The van der Waals surface area contributed by atoms with Gasteiger partial charge in [0.25, 0.3) is 0 Å². The zero-order valence-corrected chi connectivity index (χ0v) is 15.5. The molecular weight excluding hydrogens is 300 g/mol. The Bertz CT molecular complexity index is 761. The van der Waals surface area contributed by atoms with Crippen LogP contribution < -0.4 is 0 Å². The van der Waals surface area contributed by atoms with Crippen LogP contribution in [-0.2, 0) is 10.8 Å². The van der Waals surface area contributed by atoms with Gasteiger partial charge in [-0.1, -0.05) is 75.7 Å². The largest absolute Gasteiger partial charge is 0.0843 e. The first-order valence-electron chi connectivity index (χ1n) is 8.28. The van der Waals surface area contributed by atoms with Crippen molar-refractivity contribution in [2.45, 2.75) is 51.9 Å². The summed E-state index contributed by atoms with van der Waals surface area (Å²) in [5.74, 6) is 0. The topological polar surface area (TPSA) is 0 Å². The van der Waals surface area contributed by atoms with E-state index in [1.54, 1.807) is 0 Å². The van der Waals surface area contributed by atoms with E-state index in [2.05, 4.69) is 71.0 Å². The Morgan fingerprint density at radius 2 is 1.52 bits per heavy atom. The maximum Gasteiger partial charge on any atom is 0.0406 e. The monoisotopic (exact) mass is 324 g/mol. The Balaban J connectivity index is 2.00. The molecule has 0 atom stereocenters. The van der Waals surface area contributed by atoms with E-state index in [0.717, 1.165) is 5.02 Å². The Labute approximate surface area is 145 Å². The predicted octanol–water partition coefficient (Wildman–Crippen LogP) is 6.86. The minimum Gasteiger partial charge on any atom is -0.0843 e. The molecule has 0 unspecified atom stereocenters. The van der Waals surface area contributed by atoms with Crippen molar-refractivity contribution in [2.75, 3.05) is 0 Å². The molecule has 0 N–H and O–H groups in total. The van der Waals surface area contributed by atoms with Gasteiger partial charge < -0.3 is 0 Å². The lowest BCUT2D eigenvalue weighted by Gasteiger charge is -2.22. The van der Waals surface area contributed by atoms with Crippen LogP contribution in [0.2, 0.25) is 5.02 Å². The van der Waals surface area contributed by atoms with E-state index >= 15 is 0 Å². The second-order valence-electron chi connectivity index (χ2n) is 8.08. The van der Waals surface area contributed by atoms with Gasteiger partial charge in [-0.15, -0.1) is 0 Å². The van der Waals surface area contributed by atoms with E-state index < -0.39 is 0 Å². The third-order valence-electron chi connectivity index (χ3n) is 5.07. The lowest BCUT2D eigenvalue weighted by Crippen LogP contribution is -2.17. The molecule has 2 aromatic carbocycles. The van der Waals surface area contributed by atoms with E-state index in [0.29, 0.717) is 0 Å². The summed E-state index contributed by atoms with van der Waals surface area (Å²) in [6, 6.07) is 15.0. The van der Waals surface area contributed by atoms with E-state index in [4.69, 9.17) is 11.6 Å². The number of hydrogen-bond acceptors (Lipinski definition) is 0. The number of allylic oxidation sites excluding steroid dienone is 1. The number of hydrogen-bond donors (Lipinski definition) is 0. The van der Waals surface area contributed by atoms with E-state index in [1.807, 2.05) is 12.1 Å². The summed E-state index contributed by atoms with van der Waals surface area (Å²) >= 11 is 5.98. The third-order valence-corrected chi connectivity index (χ3v) is 5.32. The van der Waals surface area contributed by atoms with Crippen LogP contribution in [0, 0.1) is 0 Å². The van der Waals surface area contributed by atoms with Crippen LogP contribution in [0.1, 0.15) is 63.3 Å². The summed E-state index contributed by atoms with van der Waals surface area (Å²) in [4.78, 5) is 0. The summed E-state index contributed by atoms with van der Waals surface area (Å²) in [5.41, 5.74) is 7.28. The highest BCUT2D eigenvalue weighted by Crippen LogP contribution is 2.49. The first-order chi connectivity index (χ1) is 10.7. The Hall–Kier alpha value is -1.53. The molecule has 1 aliphatic rings. The quantitative estimate of drug-likeness (QED) is 0.529. The summed E-state index contributed by atoms with van der Waals surface area (Å²) in [6.07, 6.45) is 3.48. The lowest BCUT2D eigenvalue weighted by atomic mass is 9.82. The van der Waals surface area contributed by atoms with Crippen molar-refractivity contribution in [3.05, 3.63) is 69.7 Å². The van der Waals surface area contributed by atoms with E-state index in [-0.39, 0.29) is 10.8 Å². The van der Waals surface area contributed by atoms with E-state index in [9.17, 15) is 0 Å². The molecule has 120 valence electrons. The van der Waals surface area contributed by atoms with Crippen molar-refractivity contribution in [1.29, 1.82) is 0 Å². The molecule has 0 spiro atoms. The van der Waals surface area contributed by atoms with Gasteiger partial charge >= 0.3 is 0 Å². The first-order valence-corrected chi connectivity index (χ1v) is 8.66. The average Bonchev–Trinajstić information content (AvgIpc) is 2.64. The van der Waals surface area contributed by atoms with Crippen molar-refractivity contribution in [1.82, 2.24) is 0 Å². The fourth-order valence-electron chi connectivity index (χ4n) is 4.14. The van der Waals surface area contributed by atoms with Crippen molar-refractivity contribution in [3.63, 3.8) is 0 Å². The van der Waals surface area contributed by atoms with Gasteiger partial charge in [0, 0.05) is 5.02 Å². The zero-order chi connectivity index (χ0) is 16.8. The fraction of sp³-hybridized carbons (Fsp3) is 0.364. The van der Waals surface area contributed by atoms with Gasteiger partial charge in [0.2, 0.25) is 0 Å². The standard InChI is InChI=1S/C22H25Cl/c1-15(17-7-9-18(23)10-8-17)12-16-6-11-19-20(13-16)22(4,5)14-21(19,2)3/h6-13H,14H2,1-5H3. The molecule has 1 aliphatic carbocycles. The molecule has 3 rings (SSSR count). The van der Waals surface area contributed by atoms with E-state index in [1.165, 1.54) is 34.2 Å². The third kappa shape index (κ3) is 3.10. The van der Waals surface area contributed by atoms with Crippen LogP contribution in [-0.4, -0.2) is 0 Å². The van der Waals surface area contributed by atoms with Gasteiger partial charge in [0.15, 0.2) is 0 Å². The van der Waals surface area contributed by atoms with Crippen LogP contribution in [0.4, 0.5) is 0 Å². The highest BCUT2D eigenvalue weighted by atomic mass is 35.5. The highest BCUT2D eigenvalue weighted by Gasteiger charge is 2.41. The average molecular weight is 325 g/mol. The summed E-state index contributed by atoms with van der Waals surface area (Å²) in [6.45, 7) is 11.6. The SMILES string of the molecule is CC(=Cc1ccc2c(c1)C(C)(C)CC2(C)C)c1ccc(Cl)cc1. The van der Waals surface area contributed by atoms with Gasteiger partial charge in [0.1, 0.15) is 0 Å². The van der Waals surface area contributed by atoms with Crippen LogP contribution in [0.5, 0.6) is 0 Å². The molecule has 1 heteroatoms. The first kappa shape index (κ1) is 16.3. The molecule has 0 aliphatic heterocycles. The number of fused-ring (bicyclic) bond motifs is 1. The Morgan fingerprint density at radius 3 is 2.17 bits per heavy atom. The molecule has 0 bridgehead atoms. The minimum absolute atomic E-state index is 0.247. The second-order valence-corrected chi connectivity index (χ2v) is 8.52. The van der Waals surface area contributed by atoms with Crippen LogP contribution >= 0.6 is 11.6 Å². The molecule has 23 heavy (non-hydrogen) atoms. The maximum absolute atomic E-state index is 5.98. The van der Waals surface area contributed by atoms with Gasteiger partial charge in [-0.05, 0) is 64.1 Å². The zero-order valence-electron chi connectivity index (χ0n) is 14.7. The lowest BCUT2D eigenvalue weighted by molar-refractivity contribution is 0.403. The fourth-order valence-corrected chi connectivity index (χ4v) is 4.27. The van der Waals surface area contributed by atoms with Gasteiger partial charge in [-0.3, -0.25) is 0 Å². The Kier molecular flexibility index (Phi) is 3.92. The Morgan fingerprint density at radius 1 is 0.913 bits per heavy atom. The molecule has 2 aromatic rings. The number of halogens is 1. The molecule has 0 aromatic heterocycles. The van der Waals surface area contributed by atoms with Crippen molar-refractivity contribution in [2.24, 2.45) is 0 Å². The molecule has 0 radical (unpaired) electrons. The molecule has 0 heterocycles. The molecule has 0 amide bonds. The smallest absolute Gasteiger partial charge is 0.0406 e. The molecule has 0 saturated carbocycles. The minimum atomic E-state index is 0.247. The summed E-state index contributed by atoms with van der Waals surface area (Å²) in [5, 5.41) is 0.781. The number of benzene rings is 2. The number of rotatable bonds is 2. The van der Waals surface area contributed by atoms with Gasteiger partial charge in [-0.2, -0.15) is 0 Å². The van der Waals surface area contributed by atoms with Gasteiger partial charge in [0.05, 0.1) is 0 Å². The van der Waals surface area contributed by atoms with Crippen LogP contribution in [0.3, 0.4) is 0 Å². The normalized spacial score (nSPS) is 18.8. The van der Waals surface area contributed by atoms with Crippen molar-refractivity contribution >= 4 is 23.3 Å². The second kappa shape index (κ2) is 5.53. The summed E-state index contributed by atoms with van der Waals surface area (Å²) < 4.78 is 0. The van der Waals surface area contributed by atoms with Gasteiger partial charge in [-0.25, -0.2) is 0 Å². The van der Waals surface area contributed by atoms with Crippen molar-refractivity contribution in [3.8, 4) is 0 Å². The molecule has 0 fully saturated rings. The van der Waals surface area contributed by atoms with Crippen LogP contribution in [0.15, 0.2) is 42.5 Å². The predicted molar refractivity (Wildman–Crippen MR) is 102 cm³/mol. The molecule has 0 saturated heterocycles. The molecular formula is C22H25Cl. The summed E-state index contributed by atoms with van der Waals surface area (Å²) in [7, 11) is 0. The molecule has 0 nitrogen and oxygen atoms in total. The van der Waals surface area contributed by atoms with Crippen LogP contribution in [0.25, 0.3) is 11.6 Å². The van der Waals surface area contributed by atoms with Crippen molar-refractivity contribution < 1.29 is 0 Å².